The number of hydrogen-bond acceptors (Lipinski definition) is 6. The van der Waals surface area contributed by atoms with Gasteiger partial charge in [0.1, 0.15) is 13.2 Å². The first-order valence-electron chi connectivity index (χ1n) is 34.9. The molecule has 6 heteroatoms. The normalized spacial score (nSPS) is 12.5. The molecule has 0 aromatic carbocycles. The Morgan fingerprint density at radius 1 is 0.263 bits per heavy atom. The highest BCUT2D eigenvalue weighted by Gasteiger charge is 2.19. The maximum atomic E-state index is 12.9. The molecule has 6 nitrogen and oxygen atoms in total. The van der Waals surface area contributed by atoms with Crippen LogP contribution in [0.3, 0.4) is 0 Å². The highest BCUT2D eigenvalue weighted by Crippen LogP contribution is 2.18. The standard InChI is InChI=1S/C74H132O6/c1-4-7-10-13-16-19-21-23-25-27-29-31-33-35-37-39-41-43-45-47-49-51-53-55-58-61-64-67-73(76)79-70-71(69-78-72(75)66-63-60-57-18-15-12-9-6-3)80-74(77)68-65-62-59-56-54-52-50-48-46-44-42-40-38-36-34-32-30-28-26-24-22-20-17-14-11-8-5-2/h7,10,16,19,23,25,29,31,35,37,41,43,71H,4-6,8-9,11-15,17-18,20-22,24,26-28,30,32-34,36,38-40,42,44-70H2,1-3H3/b10-7-,19-16-,25-23-,31-29-,37-35-,43-41-. The summed E-state index contributed by atoms with van der Waals surface area (Å²) in [7, 11) is 0. The molecule has 0 saturated carbocycles. The lowest BCUT2D eigenvalue weighted by atomic mass is 10.0. The first-order valence-corrected chi connectivity index (χ1v) is 34.9. The Morgan fingerprint density at radius 3 is 0.762 bits per heavy atom. The number of hydrogen-bond donors (Lipinski definition) is 0. The Labute approximate surface area is 497 Å². The van der Waals surface area contributed by atoms with Crippen LogP contribution in [0.2, 0.25) is 0 Å². The molecule has 0 heterocycles. The SMILES string of the molecule is CC/C=C\C/C=C\C/C=C\C/C=C\C/C=C\C/C=C\CCCCCCCCCCC(=O)OCC(COC(=O)CCCCCCCCCC)OC(=O)CCCCCCCCCCCCCCCCCCCCCCCCCCCCC. The van der Waals surface area contributed by atoms with E-state index in [1.54, 1.807) is 0 Å². The van der Waals surface area contributed by atoms with E-state index < -0.39 is 6.10 Å². The number of carbonyl (C=O) groups excluding carboxylic acids is 3. The van der Waals surface area contributed by atoms with Crippen LogP contribution in [0.15, 0.2) is 72.9 Å². The minimum atomic E-state index is -0.776. The molecule has 0 aromatic heterocycles. The van der Waals surface area contributed by atoms with Gasteiger partial charge in [0, 0.05) is 19.3 Å². The molecule has 0 radical (unpaired) electrons. The smallest absolute Gasteiger partial charge is 0.306 e. The molecular formula is C74H132O6. The largest absolute Gasteiger partial charge is 0.462 e. The summed E-state index contributed by atoms with van der Waals surface area (Å²) in [6.07, 6.45) is 89.5. The molecule has 0 saturated heterocycles. The summed E-state index contributed by atoms with van der Waals surface area (Å²) < 4.78 is 16.9. The highest BCUT2D eigenvalue weighted by molar-refractivity contribution is 5.71. The fourth-order valence-electron chi connectivity index (χ4n) is 10.3. The molecule has 1 unspecified atom stereocenters. The molecule has 1 atom stereocenters. The van der Waals surface area contributed by atoms with Crippen molar-refractivity contribution in [3.05, 3.63) is 72.9 Å². The van der Waals surface area contributed by atoms with Crippen molar-refractivity contribution in [2.75, 3.05) is 13.2 Å². The van der Waals surface area contributed by atoms with Crippen molar-refractivity contribution in [2.24, 2.45) is 0 Å². The number of esters is 3. The zero-order valence-electron chi connectivity index (χ0n) is 53.3. The van der Waals surface area contributed by atoms with Gasteiger partial charge in [0.2, 0.25) is 0 Å². The quantitative estimate of drug-likeness (QED) is 0.0261. The van der Waals surface area contributed by atoms with E-state index in [0.717, 1.165) is 103 Å². The van der Waals surface area contributed by atoms with Gasteiger partial charge in [0.15, 0.2) is 6.10 Å². The average Bonchev–Trinajstić information content (AvgIpc) is 3.46. The van der Waals surface area contributed by atoms with Crippen LogP contribution < -0.4 is 0 Å². The third kappa shape index (κ3) is 65.7. The minimum Gasteiger partial charge on any atom is -0.462 e. The molecule has 0 aliphatic heterocycles. The zero-order chi connectivity index (χ0) is 57.8. The fraction of sp³-hybridized carbons (Fsp3) is 0.797. The number of ether oxygens (including phenoxy) is 3. The molecule has 464 valence electrons. The van der Waals surface area contributed by atoms with E-state index in [1.807, 2.05) is 0 Å². The summed E-state index contributed by atoms with van der Waals surface area (Å²) in [5, 5.41) is 0. The predicted octanol–water partition coefficient (Wildman–Crippen LogP) is 24.1. The van der Waals surface area contributed by atoms with E-state index in [4.69, 9.17) is 14.2 Å². The van der Waals surface area contributed by atoms with Crippen molar-refractivity contribution in [2.45, 2.75) is 367 Å². The van der Waals surface area contributed by atoms with Crippen molar-refractivity contribution < 1.29 is 28.6 Å². The molecule has 0 amide bonds. The van der Waals surface area contributed by atoms with E-state index >= 15 is 0 Å². The van der Waals surface area contributed by atoms with Crippen LogP contribution in [0, 0.1) is 0 Å². The van der Waals surface area contributed by atoms with Crippen molar-refractivity contribution in [3.63, 3.8) is 0 Å². The van der Waals surface area contributed by atoms with Gasteiger partial charge in [-0.1, -0.05) is 344 Å². The Kier molecular flexibility index (Phi) is 65.7. The van der Waals surface area contributed by atoms with Crippen LogP contribution in [-0.4, -0.2) is 37.2 Å². The zero-order valence-corrected chi connectivity index (χ0v) is 53.3. The first-order chi connectivity index (χ1) is 39.5. The van der Waals surface area contributed by atoms with Gasteiger partial charge in [-0.3, -0.25) is 14.4 Å². The Bertz CT molecular complexity index is 1470. The summed E-state index contributed by atoms with van der Waals surface area (Å²) in [5.74, 6) is -0.867. The van der Waals surface area contributed by atoms with Crippen LogP contribution >= 0.6 is 0 Å². The average molecular weight is 1120 g/mol. The number of unbranched alkanes of at least 4 members (excludes halogenated alkanes) is 41. The molecule has 0 aliphatic rings. The van der Waals surface area contributed by atoms with Gasteiger partial charge in [-0.25, -0.2) is 0 Å². The second-order valence-corrected chi connectivity index (χ2v) is 23.4. The summed E-state index contributed by atoms with van der Waals surface area (Å²) >= 11 is 0. The van der Waals surface area contributed by atoms with Gasteiger partial charge in [0.05, 0.1) is 0 Å². The third-order valence-electron chi connectivity index (χ3n) is 15.5. The van der Waals surface area contributed by atoms with Crippen LogP contribution in [0.4, 0.5) is 0 Å². The molecular weight excluding hydrogens is 985 g/mol. The summed E-state index contributed by atoms with van der Waals surface area (Å²) in [5.41, 5.74) is 0. The van der Waals surface area contributed by atoms with Crippen molar-refractivity contribution >= 4 is 17.9 Å². The lowest BCUT2D eigenvalue weighted by Crippen LogP contribution is -2.30. The summed E-state index contributed by atoms with van der Waals surface area (Å²) in [6, 6.07) is 0. The molecule has 0 rings (SSSR count). The lowest BCUT2D eigenvalue weighted by molar-refractivity contribution is -0.167. The molecule has 0 aromatic rings. The number of rotatable bonds is 64. The van der Waals surface area contributed by atoms with E-state index in [-0.39, 0.29) is 31.1 Å². The van der Waals surface area contributed by atoms with Crippen molar-refractivity contribution in [1.82, 2.24) is 0 Å². The van der Waals surface area contributed by atoms with Crippen LogP contribution in [0.1, 0.15) is 361 Å². The van der Waals surface area contributed by atoms with Gasteiger partial charge in [0.25, 0.3) is 0 Å². The highest BCUT2D eigenvalue weighted by atomic mass is 16.6. The predicted molar refractivity (Wildman–Crippen MR) is 348 cm³/mol. The van der Waals surface area contributed by atoms with Gasteiger partial charge >= 0.3 is 17.9 Å². The molecule has 0 bridgehead atoms. The van der Waals surface area contributed by atoms with Crippen LogP contribution in [-0.2, 0) is 28.6 Å². The summed E-state index contributed by atoms with van der Waals surface area (Å²) in [4.78, 5) is 38.2. The van der Waals surface area contributed by atoms with E-state index in [2.05, 4.69) is 93.7 Å². The van der Waals surface area contributed by atoms with Crippen molar-refractivity contribution in [3.8, 4) is 0 Å². The van der Waals surface area contributed by atoms with Crippen molar-refractivity contribution in [1.29, 1.82) is 0 Å². The van der Waals surface area contributed by atoms with Crippen LogP contribution in [0.5, 0.6) is 0 Å². The molecule has 0 spiro atoms. The monoisotopic (exact) mass is 1120 g/mol. The second-order valence-electron chi connectivity index (χ2n) is 23.4. The first kappa shape index (κ1) is 76.9. The molecule has 0 fully saturated rings. The molecule has 0 aliphatic carbocycles. The van der Waals surface area contributed by atoms with Gasteiger partial charge < -0.3 is 14.2 Å². The van der Waals surface area contributed by atoms with Gasteiger partial charge in [-0.2, -0.15) is 0 Å². The van der Waals surface area contributed by atoms with Crippen LogP contribution in [0.25, 0.3) is 0 Å². The van der Waals surface area contributed by atoms with Gasteiger partial charge in [-0.15, -0.1) is 0 Å². The van der Waals surface area contributed by atoms with E-state index in [1.165, 1.54) is 218 Å². The Balaban J connectivity index is 4.12. The summed E-state index contributed by atoms with van der Waals surface area (Å²) in [6.45, 7) is 6.54. The van der Waals surface area contributed by atoms with E-state index in [9.17, 15) is 14.4 Å². The number of carbonyl (C=O) groups is 3. The second kappa shape index (κ2) is 68.3. The molecule has 0 N–H and O–H groups in total. The topological polar surface area (TPSA) is 78.9 Å². The number of allylic oxidation sites excluding steroid dienone is 12. The van der Waals surface area contributed by atoms with Gasteiger partial charge in [-0.05, 0) is 70.6 Å². The molecule has 80 heavy (non-hydrogen) atoms. The maximum absolute atomic E-state index is 12.9. The fourth-order valence-corrected chi connectivity index (χ4v) is 10.3. The Morgan fingerprint density at radius 2 is 0.487 bits per heavy atom. The Hall–Kier alpha value is -3.15. The third-order valence-corrected chi connectivity index (χ3v) is 15.5. The minimum absolute atomic E-state index is 0.0736. The lowest BCUT2D eigenvalue weighted by Gasteiger charge is -2.18. The van der Waals surface area contributed by atoms with E-state index in [0.29, 0.717) is 19.3 Å². The maximum Gasteiger partial charge on any atom is 0.306 e.